The van der Waals surface area contributed by atoms with E-state index in [0.717, 1.165) is 5.56 Å². The first-order valence-electron chi connectivity index (χ1n) is 9.27. The Morgan fingerprint density at radius 2 is 1.83 bits per heavy atom. The van der Waals surface area contributed by atoms with Crippen LogP contribution in [0.4, 0.5) is 5.69 Å². The number of carbonyl (C=O) groups is 2. The highest BCUT2D eigenvalue weighted by atomic mass is 35.5. The number of anilines is 1. The van der Waals surface area contributed by atoms with Crippen molar-refractivity contribution in [3.63, 3.8) is 0 Å². The van der Waals surface area contributed by atoms with Crippen molar-refractivity contribution in [1.29, 1.82) is 5.26 Å². The minimum atomic E-state index is -0.509. The van der Waals surface area contributed by atoms with Crippen molar-refractivity contribution in [1.82, 2.24) is 5.32 Å². The summed E-state index contributed by atoms with van der Waals surface area (Å²) in [6, 6.07) is 18.5. The number of thioether (sulfide) groups is 1. The van der Waals surface area contributed by atoms with Crippen LogP contribution in [0.15, 0.2) is 76.5 Å². The lowest BCUT2D eigenvalue weighted by Crippen LogP contribution is -2.27. The van der Waals surface area contributed by atoms with E-state index in [0.29, 0.717) is 32.6 Å². The number of para-hydroxylation sites is 1. The van der Waals surface area contributed by atoms with E-state index in [4.69, 9.17) is 11.6 Å². The Kier molecular flexibility index (Phi) is 6.99. The van der Waals surface area contributed by atoms with Gasteiger partial charge in [-0.2, -0.15) is 5.26 Å². The van der Waals surface area contributed by atoms with E-state index >= 15 is 0 Å². The summed E-state index contributed by atoms with van der Waals surface area (Å²) in [5.74, 6) is -0.678. The largest absolute Gasteiger partial charge is 0.353 e. The molecule has 0 radical (unpaired) electrons. The van der Waals surface area contributed by atoms with E-state index in [1.165, 1.54) is 18.7 Å². The molecule has 2 aromatic carbocycles. The number of ketones is 1. The molecule has 1 amide bonds. The Bertz CT molecular complexity index is 1070. The summed E-state index contributed by atoms with van der Waals surface area (Å²) in [4.78, 5) is 24.7. The van der Waals surface area contributed by atoms with Crippen LogP contribution in [0.3, 0.4) is 0 Å². The van der Waals surface area contributed by atoms with Crippen LogP contribution in [0.25, 0.3) is 0 Å². The monoisotopic (exact) mass is 437 g/mol. The van der Waals surface area contributed by atoms with Gasteiger partial charge >= 0.3 is 0 Å². The van der Waals surface area contributed by atoms with E-state index in [9.17, 15) is 14.9 Å². The van der Waals surface area contributed by atoms with Crippen LogP contribution in [0, 0.1) is 11.3 Å². The normalized spacial score (nSPS) is 16.0. The van der Waals surface area contributed by atoms with E-state index in [-0.39, 0.29) is 17.4 Å². The first-order valence-corrected chi connectivity index (χ1v) is 10.6. The average molecular weight is 438 g/mol. The number of hydrogen-bond donors (Lipinski definition) is 2. The van der Waals surface area contributed by atoms with Gasteiger partial charge in [-0.1, -0.05) is 53.7 Å². The highest BCUT2D eigenvalue weighted by Gasteiger charge is 2.33. The lowest BCUT2D eigenvalue weighted by molar-refractivity contribution is -0.114. The van der Waals surface area contributed by atoms with E-state index in [2.05, 4.69) is 16.7 Å². The summed E-state index contributed by atoms with van der Waals surface area (Å²) in [5, 5.41) is 17.0. The zero-order chi connectivity index (χ0) is 21.7. The number of nitriles is 1. The van der Waals surface area contributed by atoms with Crippen LogP contribution in [-0.2, 0) is 9.59 Å². The molecule has 0 aliphatic carbocycles. The minimum Gasteiger partial charge on any atom is -0.353 e. The quantitative estimate of drug-likeness (QED) is 0.664. The third-order valence-electron chi connectivity index (χ3n) is 4.64. The number of benzene rings is 2. The van der Waals surface area contributed by atoms with Gasteiger partial charge in [0.25, 0.3) is 0 Å². The number of nitrogens with one attached hydrogen (secondary N) is 2. The molecule has 0 saturated carbocycles. The van der Waals surface area contributed by atoms with E-state index in [1.54, 1.807) is 19.1 Å². The van der Waals surface area contributed by atoms with Gasteiger partial charge in [0.1, 0.15) is 0 Å². The summed E-state index contributed by atoms with van der Waals surface area (Å²) in [6.07, 6.45) is 0. The molecule has 152 valence electrons. The lowest BCUT2D eigenvalue weighted by atomic mass is 9.81. The fourth-order valence-electron chi connectivity index (χ4n) is 3.34. The topological polar surface area (TPSA) is 82.0 Å². The third kappa shape index (κ3) is 4.93. The molecule has 0 saturated heterocycles. The Morgan fingerprint density at radius 1 is 1.17 bits per heavy atom. The zero-order valence-electron chi connectivity index (χ0n) is 16.5. The van der Waals surface area contributed by atoms with Gasteiger partial charge in [-0.25, -0.2) is 0 Å². The highest BCUT2D eigenvalue weighted by molar-refractivity contribution is 8.03. The highest BCUT2D eigenvalue weighted by Crippen LogP contribution is 2.41. The van der Waals surface area contributed by atoms with Gasteiger partial charge < -0.3 is 10.6 Å². The molecule has 0 fully saturated rings. The van der Waals surface area contributed by atoms with Gasteiger partial charge in [0.2, 0.25) is 5.91 Å². The van der Waals surface area contributed by atoms with Crippen LogP contribution in [0.5, 0.6) is 0 Å². The molecule has 1 aliphatic heterocycles. The maximum atomic E-state index is 12.4. The third-order valence-corrected chi connectivity index (χ3v) is 5.90. The summed E-state index contributed by atoms with van der Waals surface area (Å²) >= 11 is 7.25. The van der Waals surface area contributed by atoms with Crippen molar-refractivity contribution in [3.05, 3.63) is 87.1 Å². The summed E-state index contributed by atoms with van der Waals surface area (Å²) in [6.45, 7) is 3.29. The van der Waals surface area contributed by atoms with Crippen LogP contribution < -0.4 is 10.6 Å². The molecular weight excluding hydrogens is 418 g/mol. The van der Waals surface area contributed by atoms with Crippen LogP contribution in [-0.4, -0.2) is 17.4 Å². The standard InChI is InChI=1S/C23H20ClN3O2S/c1-14-21(15(2)28)22(16-8-10-17(24)11-9-16)19(12-25)23(26-14)30-13-20(29)27-18-6-4-3-5-7-18/h3-11,22,26H,13H2,1-2H3,(H,27,29)/t22-/m1/s1. The van der Waals surface area contributed by atoms with Crippen molar-refractivity contribution in [3.8, 4) is 6.07 Å². The second-order valence-electron chi connectivity index (χ2n) is 6.76. The molecule has 0 bridgehead atoms. The lowest BCUT2D eigenvalue weighted by Gasteiger charge is -2.29. The second kappa shape index (κ2) is 9.66. The van der Waals surface area contributed by atoms with Crippen LogP contribution in [0.1, 0.15) is 25.3 Å². The molecule has 5 nitrogen and oxygen atoms in total. The average Bonchev–Trinajstić information content (AvgIpc) is 2.72. The number of allylic oxidation sites excluding steroid dienone is 3. The molecule has 30 heavy (non-hydrogen) atoms. The number of rotatable bonds is 6. The molecular formula is C23H20ClN3O2S. The van der Waals surface area contributed by atoms with Crippen molar-refractivity contribution in [2.24, 2.45) is 0 Å². The van der Waals surface area contributed by atoms with Crippen molar-refractivity contribution >= 4 is 40.7 Å². The summed E-state index contributed by atoms with van der Waals surface area (Å²) in [7, 11) is 0. The van der Waals surface area contributed by atoms with Gasteiger partial charge in [0.15, 0.2) is 5.78 Å². The van der Waals surface area contributed by atoms with Gasteiger partial charge in [-0.15, -0.1) is 0 Å². The molecule has 1 aliphatic rings. The number of carbonyl (C=O) groups excluding carboxylic acids is 2. The van der Waals surface area contributed by atoms with Crippen LogP contribution in [0.2, 0.25) is 5.02 Å². The number of Topliss-reactive ketones (excluding diaryl/α,β-unsaturated/α-hetero) is 1. The SMILES string of the molecule is CC(=O)C1=C(C)NC(SCC(=O)Nc2ccccc2)=C(C#N)[C@H]1c1ccc(Cl)cc1. The van der Waals surface area contributed by atoms with Gasteiger partial charge in [0.05, 0.1) is 28.3 Å². The van der Waals surface area contributed by atoms with E-state index < -0.39 is 5.92 Å². The van der Waals surface area contributed by atoms with Crippen molar-refractivity contribution in [2.45, 2.75) is 19.8 Å². The Hall–Kier alpha value is -3.01. The van der Waals surface area contributed by atoms with E-state index in [1.807, 2.05) is 42.5 Å². The number of halogens is 1. The first-order chi connectivity index (χ1) is 14.4. The molecule has 3 rings (SSSR count). The Morgan fingerprint density at radius 3 is 2.43 bits per heavy atom. The van der Waals surface area contributed by atoms with Crippen molar-refractivity contribution < 1.29 is 9.59 Å². The van der Waals surface area contributed by atoms with Gasteiger partial charge in [0, 0.05) is 22.0 Å². The molecule has 0 aromatic heterocycles. The van der Waals surface area contributed by atoms with Crippen LogP contribution >= 0.6 is 23.4 Å². The molecule has 7 heteroatoms. The predicted molar refractivity (Wildman–Crippen MR) is 121 cm³/mol. The van der Waals surface area contributed by atoms with Crippen molar-refractivity contribution in [2.75, 3.05) is 11.1 Å². The Labute approximate surface area is 184 Å². The fraction of sp³-hybridized carbons (Fsp3) is 0.174. The first kappa shape index (κ1) is 21.7. The fourth-order valence-corrected chi connectivity index (χ4v) is 4.36. The Balaban J connectivity index is 1.88. The predicted octanol–water partition coefficient (Wildman–Crippen LogP) is 5.00. The maximum absolute atomic E-state index is 12.4. The second-order valence-corrected chi connectivity index (χ2v) is 8.18. The van der Waals surface area contributed by atoms with Gasteiger partial charge in [-0.3, -0.25) is 9.59 Å². The molecule has 0 unspecified atom stereocenters. The van der Waals surface area contributed by atoms with Gasteiger partial charge in [-0.05, 0) is 43.7 Å². The smallest absolute Gasteiger partial charge is 0.234 e. The molecule has 2 aromatic rings. The number of hydrogen-bond acceptors (Lipinski definition) is 5. The maximum Gasteiger partial charge on any atom is 0.234 e. The molecule has 2 N–H and O–H groups in total. The molecule has 1 heterocycles. The summed E-state index contributed by atoms with van der Waals surface area (Å²) in [5.41, 5.74) is 3.13. The number of nitrogens with zero attached hydrogens (tertiary/aromatic N) is 1. The zero-order valence-corrected chi connectivity index (χ0v) is 18.1. The molecule has 1 atom stereocenters. The minimum absolute atomic E-state index is 0.112. The summed E-state index contributed by atoms with van der Waals surface area (Å²) < 4.78 is 0. The molecule has 0 spiro atoms. The number of amides is 1. The number of dihydropyridines is 1.